The van der Waals surface area contributed by atoms with Crippen molar-refractivity contribution in [1.29, 1.82) is 0 Å². The molecule has 1 amide bonds. The number of hydrogen-bond donors (Lipinski definition) is 4. The normalized spacial score (nSPS) is 14.3. The lowest BCUT2D eigenvalue weighted by Gasteiger charge is -2.23. The molecule has 9 heteroatoms. The van der Waals surface area contributed by atoms with Crippen LogP contribution in [0.1, 0.15) is 232 Å². The zero-order valence-corrected chi connectivity index (χ0v) is 39.4. The molecule has 0 aromatic rings. The molecule has 59 heavy (non-hydrogen) atoms. The highest BCUT2D eigenvalue weighted by Gasteiger charge is 2.26. The fourth-order valence-electron chi connectivity index (χ4n) is 7.14. The van der Waals surface area contributed by atoms with Crippen LogP contribution in [0.5, 0.6) is 0 Å². The third-order valence-corrected chi connectivity index (χ3v) is 11.9. The lowest BCUT2D eigenvalue weighted by atomic mass is 10.0. The second kappa shape index (κ2) is 46.0. The molecule has 0 saturated heterocycles. The molecule has 3 atom stereocenters. The second-order valence-electron chi connectivity index (χ2n) is 16.7. The third kappa shape index (κ3) is 44.3. The Labute approximate surface area is 364 Å². The van der Waals surface area contributed by atoms with Crippen molar-refractivity contribution >= 4 is 13.7 Å². The molecule has 0 fully saturated rings. The predicted molar refractivity (Wildman–Crippen MR) is 254 cm³/mol. The van der Waals surface area contributed by atoms with E-state index in [-0.39, 0.29) is 25.7 Å². The number of hydrogen-bond acceptors (Lipinski definition) is 6. The predicted octanol–water partition coefficient (Wildman–Crippen LogP) is 14.5. The number of carbonyl (C=O) groups is 1. The van der Waals surface area contributed by atoms with E-state index in [1.807, 2.05) is 6.08 Å². The van der Waals surface area contributed by atoms with Crippen LogP contribution in [-0.2, 0) is 18.4 Å². The first kappa shape index (κ1) is 57.5. The fraction of sp³-hybridized carbons (Fsp3) is 0.820. The number of rotatable bonds is 46. The van der Waals surface area contributed by atoms with Gasteiger partial charge in [0.1, 0.15) is 0 Å². The first-order valence-electron chi connectivity index (χ1n) is 24.8. The molecular formula is C50H95N2O6P. The largest absolute Gasteiger partial charge is 0.472 e. The maximum atomic E-state index is 12.8. The van der Waals surface area contributed by atoms with Crippen LogP contribution in [0, 0.1) is 0 Å². The Kier molecular flexibility index (Phi) is 44.8. The molecule has 5 N–H and O–H groups in total. The fourth-order valence-corrected chi connectivity index (χ4v) is 7.90. The Morgan fingerprint density at radius 1 is 0.559 bits per heavy atom. The maximum Gasteiger partial charge on any atom is 0.472 e. The number of amides is 1. The van der Waals surface area contributed by atoms with Crippen LogP contribution in [0.15, 0.2) is 48.6 Å². The van der Waals surface area contributed by atoms with Crippen molar-refractivity contribution in [2.45, 2.75) is 244 Å². The molecule has 0 saturated carbocycles. The second-order valence-corrected chi connectivity index (χ2v) is 18.1. The topological polar surface area (TPSA) is 131 Å². The monoisotopic (exact) mass is 851 g/mol. The van der Waals surface area contributed by atoms with E-state index in [1.165, 1.54) is 148 Å². The summed E-state index contributed by atoms with van der Waals surface area (Å²) < 4.78 is 22.2. The van der Waals surface area contributed by atoms with Gasteiger partial charge >= 0.3 is 7.82 Å². The molecule has 0 bridgehead atoms. The van der Waals surface area contributed by atoms with Crippen molar-refractivity contribution in [3.63, 3.8) is 0 Å². The molecule has 0 aliphatic carbocycles. The number of nitrogens with one attached hydrogen (secondary N) is 1. The number of carbonyl (C=O) groups excluding carboxylic acids is 1. The van der Waals surface area contributed by atoms with Gasteiger partial charge in [-0.3, -0.25) is 13.8 Å². The van der Waals surface area contributed by atoms with Gasteiger partial charge in [0, 0.05) is 13.0 Å². The Balaban J connectivity index is 4.17. The van der Waals surface area contributed by atoms with Crippen molar-refractivity contribution in [3.8, 4) is 0 Å². The highest BCUT2D eigenvalue weighted by molar-refractivity contribution is 7.47. The number of phosphoric ester groups is 1. The number of aliphatic hydroxyl groups is 1. The van der Waals surface area contributed by atoms with E-state index >= 15 is 0 Å². The molecular weight excluding hydrogens is 756 g/mol. The third-order valence-electron chi connectivity index (χ3n) is 10.9. The van der Waals surface area contributed by atoms with E-state index in [9.17, 15) is 19.4 Å². The maximum absolute atomic E-state index is 12.8. The summed E-state index contributed by atoms with van der Waals surface area (Å²) in [6, 6.07) is -0.869. The Morgan fingerprint density at radius 2 is 0.932 bits per heavy atom. The zero-order chi connectivity index (χ0) is 43.2. The van der Waals surface area contributed by atoms with Gasteiger partial charge in [-0.1, -0.05) is 217 Å². The van der Waals surface area contributed by atoms with E-state index in [0.717, 1.165) is 64.2 Å². The summed E-state index contributed by atoms with van der Waals surface area (Å²) in [5.74, 6) is -0.206. The van der Waals surface area contributed by atoms with Gasteiger partial charge in [0.2, 0.25) is 5.91 Å². The molecule has 0 radical (unpaired) electrons. The SMILES string of the molecule is CCCCCCC/C=C\C/C=C\C/C=C\CCCCCCCCC(=O)NC(COP(=O)(O)OCCN)C(O)/C=C/CCCCCCCCCCCCCCCCCCC. The molecule has 346 valence electrons. The van der Waals surface area contributed by atoms with E-state index in [0.29, 0.717) is 6.42 Å². The molecule has 8 nitrogen and oxygen atoms in total. The molecule has 0 aliphatic heterocycles. The number of allylic oxidation sites excluding steroid dienone is 7. The summed E-state index contributed by atoms with van der Waals surface area (Å²) in [5, 5.41) is 13.7. The first-order valence-corrected chi connectivity index (χ1v) is 26.3. The Bertz CT molecular complexity index is 1060. The number of aliphatic hydroxyl groups excluding tert-OH is 1. The van der Waals surface area contributed by atoms with Gasteiger partial charge in [0.05, 0.1) is 25.4 Å². The van der Waals surface area contributed by atoms with Gasteiger partial charge in [0.25, 0.3) is 0 Å². The lowest BCUT2D eigenvalue weighted by molar-refractivity contribution is -0.123. The van der Waals surface area contributed by atoms with Gasteiger partial charge in [-0.25, -0.2) is 4.57 Å². The molecule has 0 aromatic carbocycles. The summed E-state index contributed by atoms with van der Waals surface area (Å²) in [6.45, 7) is 4.13. The average Bonchev–Trinajstić information content (AvgIpc) is 3.22. The Hall–Kier alpha value is -1.54. The van der Waals surface area contributed by atoms with Crippen molar-refractivity contribution in [2.24, 2.45) is 5.73 Å². The van der Waals surface area contributed by atoms with E-state index in [1.54, 1.807) is 6.08 Å². The molecule has 0 spiro atoms. The lowest BCUT2D eigenvalue weighted by Crippen LogP contribution is -2.45. The molecule has 0 aromatic heterocycles. The summed E-state index contributed by atoms with van der Waals surface area (Å²) in [4.78, 5) is 22.8. The summed E-state index contributed by atoms with van der Waals surface area (Å²) in [5.41, 5.74) is 5.39. The van der Waals surface area contributed by atoms with Crippen LogP contribution in [0.4, 0.5) is 0 Å². The molecule has 3 unspecified atom stereocenters. The minimum Gasteiger partial charge on any atom is -0.387 e. The number of phosphoric acid groups is 1. The van der Waals surface area contributed by atoms with Gasteiger partial charge in [-0.05, 0) is 57.8 Å². The molecule has 0 rings (SSSR count). The van der Waals surface area contributed by atoms with Gasteiger partial charge in [0.15, 0.2) is 0 Å². The van der Waals surface area contributed by atoms with E-state index in [2.05, 4.69) is 55.6 Å². The molecule has 0 aliphatic rings. The summed E-state index contributed by atoms with van der Waals surface area (Å²) >= 11 is 0. The van der Waals surface area contributed by atoms with Crippen molar-refractivity contribution in [1.82, 2.24) is 5.32 Å². The van der Waals surface area contributed by atoms with Crippen LogP contribution in [0.2, 0.25) is 0 Å². The Morgan fingerprint density at radius 3 is 1.36 bits per heavy atom. The summed E-state index contributed by atoms with van der Waals surface area (Å²) in [6.07, 6.45) is 57.3. The zero-order valence-electron chi connectivity index (χ0n) is 38.5. The van der Waals surface area contributed by atoms with Gasteiger partial charge in [-0.15, -0.1) is 0 Å². The highest BCUT2D eigenvalue weighted by Crippen LogP contribution is 2.43. The quantitative estimate of drug-likeness (QED) is 0.0272. The number of unbranched alkanes of at least 4 members (excludes halogenated alkanes) is 28. The van der Waals surface area contributed by atoms with Crippen LogP contribution < -0.4 is 11.1 Å². The minimum atomic E-state index is -4.35. The van der Waals surface area contributed by atoms with Crippen LogP contribution >= 0.6 is 7.82 Å². The van der Waals surface area contributed by atoms with Crippen LogP contribution in [-0.4, -0.2) is 47.8 Å². The standard InChI is InChI=1S/C50H95N2O6P/c1-3-5-7-9-11-13-15-17-19-21-23-24-26-28-30-32-34-36-38-40-42-44-50(54)52-48(47-58-59(55,56)57-46-45-51)49(53)43-41-39-37-35-33-31-29-27-25-22-20-18-16-14-12-10-8-6-4-2/h15,17,21,23,26,28,41,43,48-49,53H,3-14,16,18-20,22,24-25,27,29-40,42,44-47,51H2,1-2H3,(H,52,54)(H,55,56)/b17-15-,23-21-,28-26-,43-41+. The van der Waals surface area contributed by atoms with Crippen molar-refractivity contribution in [2.75, 3.05) is 19.8 Å². The van der Waals surface area contributed by atoms with Crippen molar-refractivity contribution in [3.05, 3.63) is 48.6 Å². The number of nitrogens with two attached hydrogens (primary N) is 1. The van der Waals surface area contributed by atoms with Gasteiger partial charge < -0.3 is 21.1 Å². The van der Waals surface area contributed by atoms with Crippen LogP contribution in [0.25, 0.3) is 0 Å². The van der Waals surface area contributed by atoms with E-state index < -0.39 is 20.0 Å². The molecule has 0 heterocycles. The average molecular weight is 851 g/mol. The van der Waals surface area contributed by atoms with Gasteiger partial charge in [-0.2, -0.15) is 0 Å². The minimum absolute atomic E-state index is 0.0749. The van der Waals surface area contributed by atoms with Crippen molar-refractivity contribution < 1.29 is 28.4 Å². The summed E-state index contributed by atoms with van der Waals surface area (Å²) in [7, 11) is -4.35. The smallest absolute Gasteiger partial charge is 0.387 e. The van der Waals surface area contributed by atoms with Crippen LogP contribution in [0.3, 0.4) is 0 Å². The van der Waals surface area contributed by atoms with E-state index in [4.69, 9.17) is 14.8 Å². The highest BCUT2D eigenvalue weighted by atomic mass is 31.2. The first-order chi connectivity index (χ1) is 28.9.